The lowest BCUT2D eigenvalue weighted by atomic mass is 9.77. The van der Waals surface area contributed by atoms with Gasteiger partial charge in [-0.15, -0.1) is 0 Å². The van der Waals surface area contributed by atoms with Crippen LogP contribution in [0.3, 0.4) is 0 Å². The van der Waals surface area contributed by atoms with Crippen molar-refractivity contribution in [2.24, 2.45) is 0 Å². The molecule has 1 aliphatic carbocycles. The average molecular weight is 638 g/mol. The molecular weight excluding hydrogens is 605 g/mol. The number of phosphoric ester groups is 1. The number of rotatable bonds is 6. The van der Waals surface area contributed by atoms with Crippen molar-refractivity contribution < 1.29 is 44.0 Å². The number of ether oxygens (including phenoxy) is 1. The van der Waals surface area contributed by atoms with Crippen molar-refractivity contribution in [1.82, 2.24) is 19.5 Å². The molecule has 236 valence electrons. The van der Waals surface area contributed by atoms with Crippen LogP contribution in [0.1, 0.15) is 47.0 Å². The van der Waals surface area contributed by atoms with E-state index in [1.54, 1.807) is 10.6 Å². The highest BCUT2D eigenvalue weighted by Gasteiger charge is 2.43. The Kier molecular flexibility index (Phi) is 7.40. The first kappa shape index (κ1) is 30.1. The van der Waals surface area contributed by atoms with E-state index in [1.807, 2.05) is 38.1 Å². The Hall–Kier alpha value is -3.56. The number of nitrogens with one attached hydrogen (secondary N) is 1. The molecule has 0 amide bonds. The fraction of sp³-hybridized carbons (Fsp3) is 0.367. The van der Waals surface area contributed by atoms with Gasteiger partial charge >= 0.3 is 7.82 Å². The Morgan fingerprint density at radius 1 is 0.978 bits per heavy atom. The minimum atomic E-state index is -4.75. The molecule has 1 aliphatic heterocycles. The van der Waals surface area contributed by atoms with Gasteiger partial charge < -0.3 is 40.3 Å². The summed E-state index contributed by atoms with van der Waals surface area (Å²) in [5, 5.41) is 51.1. The van der Waals surface area contributed by atoms with E-state index in [-0.39, 0.29) is 12.2 Å². The van der Waals surface area contributed by atoms with Crippen molar-refractivity contribution in [3.8, 4) is 0 Å². The van der Waals surface area contributed by atoms with E-state index in [0.29, 0.717) is 22.3 Å². The van der Waals surface area contributed by atoms with Gasteiger partial charge in [-0.2, -0.15) is 0 Å². The number of fused-ring (bicyclic) bond motifs is 5. The van der Waals surface area contributed by atoms with Crippen molar-refractivity contribution in [3.05, 3.63) is 71.3 Å². The SMILES string of the molecule is Cc1c2ccccc2c(C)c2c3c(ccc12)[C@@H](O)[C@H](O)[C@H](O)[C@@H]3Nc1ncnc2c1ncn2C1CC(O)C(COP(=O)(O)O)O1. The lowest BCUT2D eigenvalue weighted by Crippen LogP contribution is -2.44. The number of phosphoric acid groups is 1. The molecule has 7 rings (SSSR count). The minimum Gasteiger partial charge on any atom is -0.390 e. The lowest BCUT2D eigenvalue weighted by Gasteiger charge is -2.39. The number of imidazole rings is 1. The molecule has 0 spiro atoms. The zero-order valence-corrected chi connectivity index (χ0v) is 25.1. The summed E-state index contributed by atoms with van der Waals surface area (Å²) < 4.78 is 23.1. The fourth-order valence-corrected chi connectivity index (χ4v) is 7.12. The summed E-state index contributed by atoms with van der Waals surface area (Å²) in [5.41, 5.74) is 3.81. The zero-order chi connectivity index (χ0) is 31.8. The van der Waals surface area contributed by atoms with Crippen LogP contribution in [0.2, 0.25) is 0 Å². The molecule has 1 saturated heterocycles. The number of benzene rings is 3. The number of aryl methyl sites for hydroxylation is 2. The average Bonchev–Trinajstić information content (AvgIpc) is 3.62. The van der Waals surface area contributed by atoms with Crippen LogP contribution in [-0.4, -0.2) is 80.8 Å². The number of aromatic nitrogens is 4. The molecule has 1 fully saturated rings. The molecule has 0 saturated carbocycles. The van der Waals surface area contributed by atoms with Gasteiger partial charge in [0, 0.05) is 6.42 Å². The second kappa shape index (κ2) is 11.1. The van der Waals surface area contributed by atoms with Gasteiger partial charge in [-0.25, -0.2) is 19.5 Å². The van der Waals surface area contributed by atoms with Crippen molar-refractivity contribution in [2.75, 3.05) is 11.9 Å². The third-order valence-corrected chi connectivity index (χ3v) is 9.50. The Balaban J connectivity index is 1.30. The van der Waals surface area contributed by atoms with Gasteiger partial charge in [-0.3, -0.25) is 9.09 Å². The van der Waals surface area contributed by atoms with Crippen LogP contribution in [0.4, 0.5) is 5.82 Å². The van der Waals surface area contributed by atoms with Crippen molar-refractivity contribution in [1.29, 1.82) is 0 Å². The van der Waals surface area contributed by atoms with E-state index >= 15 is 0 Å². The largest absolute Gasteiger partial charge is 0.469 e. The summed E-state index contributed by atoms with van der Waals surface area (Å²) in [5.74, 6) is 0.254. The molecule has 14 nitrogen and oxygen atoms in total. The van der Waals surface area contributed by atoms with Crippen molar-refractivity contribution in [2.45, 2.75) is 63.1 Å². The van der Waals surface area contributed by atoms with Gasteiger partial charge in [0.2, 0.25) is 0 Å². The molecule has 3 aromatic carbocycles. The highest BCUT2D eigenvalue weighted by atomic mass is 31.2. The standard InChI is InChI=1S/C30H32N5O9P/c1-13-15-5-3-4-6-16(15)14(2)22-17(13)7-8-18-23(22)24(27(38)28(39)26(18)37)34-29-25-30(32-11-31-29)35(12-33-25)21-9-19(36)20(44-21)10-43-45(40,41)42/h3-8,11-12,19-21,24,26-28,36-39H,9-10H2,1-2H3,(H,31,32,34)(H2,40,41,42)/t19?,20?,21?,24-,26-,27-,28+/m1/s1. The first-order valence-corrected chi connectivity index (χ1v) is 15.9. The van der Waals surface area contributed by atoms with Crippen molar-refractivity contribution >= 4 is 46.3 Å². The summed E-state index contributed by atoms with van der Waals surface area (Å²) in [6.45, 7) is 3.53. The maximum atomic E-state index is 11.4. The second-order valence-electron chi connectivity index (χ2n) is 11.6. The Morgan fingerprint density at radius 3 is 2.44 bits per heavy atom. The van der Waals surface area contributed by atoms with Crippen LogP contribution in [0, 0.1) is 13.8 Å². The second-order valence-corrected chi connectivity index (χ2v) is 12.8. The van der Waals surface area contributed by atoms with Crippen LogP contribution in [0.25, 0.3) is 32.7 Å². The number of anilines is 1. The van der Waals surface area contributed by atoms with Gasteiger partial charge in [-0.1, -0.05) is 36.4 Å². The molecule has 3 heterocycles. The quantitative estimate of drug-likeness (QED) is 0.105. The van der Waals surface area contributed by atoms with E-state index in [9.17, 15) is 25.0 Å². The normalized spacial score (nSPS) is 27.0. The van der Waals surface area contributed by atoms with Crippen LogP contribution >= 0.6 is 7.82 Å². The lowest BCUT2D eigenvalue weighted by molar-refractivity contribution is -0.0766. The van der Waals surface area contributed by atoms with Gasteiger partial charge in [0.15, 0.2) is 17.0 Å². The van der Waals surface area contributed by atoms with E-state index in [2.05, 4.69) is 30.9 Å². The first-order chi connectivity index (χ1) is 21.4. The van der Waals surface area contributed by atoms with Gasteiger partial charge in [0.25, 0.3) is 0 Å². The van der Waals surface area contributed by atoms with E-state index < -0.39 is 57.2 Å². The molecule has 3 unspecified atom stereocenters. The maximum Gasteiger partial charge on any atom is 0.469 e. The number of hydrogen-bond acceptors (Lipinski definition) is 11. The highest BCUT2D eigenvalue weighted by molar-refractivity contribution is 7.46. The third-order valence-electron chi connectivity index (χ3n) is 9.01. The molecule has 2 aromatic heterocycles. The number of aliphatic hydroxyl groups is 4. The number of hydrogen-bond donors (Lipinski definition) is 7. The van der Waals surface area contributed by atoms with Crippen LogP contribution in [0.5, 0.6) is 0 Å². The van der Waals surface area contributed by atoms with E-state index in [0.717, 1.165) is 32.7 Å². The Morgan fingerprint density at radius 2 is 1.71 bits per heavy atom. The number of aliphatic hydroxyl groups excluding tert-OH is 4. The topological polar surface area (TPSA) is 213 Å². The fourth-order valence-electron chi connectivity index (χ4n) is 6.78. The summed E-state index contributed by atoms with van der Waals surface area (Å²) in [6.07, 6.45) is -4.19. The van der Waals surface area contributed by atoms with E-state index in [4.69, 9.17) is 14.5 Å². The predicted octanol–water partition coefficient (Wildman–Crippen LogP) is 2.43. The third kappa shape index (κ3) is 4.99. The van der Waals surface area contributed by atoms with Crippen LogP contribution < -0.4 is 5.32 Å². The smallest absolute Gasteiger partial charge is 0.390 e. The Bertz CT molecular complexity index is 2000. The Labute approximate surface area is 256 Å². The monoisotopic (exact) mass is 637 g/mol. The molecule has 0 radical (unpaired) electrons. The van der Waals surface area contributed by atoms with Gasteiger partial charge in [-0.05, 0) is 57.6 Å². The molecular formula is C30H32N5O9P. The number of nitrogens with zero attached hydrogens (tertiary/aromatic N) is 4. The summed E-state index contributed by atoms with van der Waals surface area (Å²) in [7, 11) is -4.75. The molecule has 5 aromatic rings. The molecule has 15 heteroatoms. The molecule has 7 N–H and O–H groups in total. The zero-order valence-electron chi connectivity index (χ0n) is 24.2. The first-order valence-electron chi connectivity index (χ1n) is 14.4. The summed E-state index contributed by atoms with van der Waals surface area (Å²) in [6, 6.07) is 10.9. The maximum absolute atomic E-state index is 11.4. The van der Waals surface area contributed by atoms with Crippen LogP contribution in [-0.2, 0) is 13.8 Å². The molecule has 0 bridgehead atoms. The molecule has 45 heavy (non-hydrogen) atoms. The highest BCUT2D eigenvalue weighted by Crippen LogP contribution is 2.46. The van der Waals surface area contributed by atoms with E-state index in [1.165, 1.54) is 12.7 Å². The van der Waals surface area contributed by atoms with Crippen molar-refractivity contribution in [3.63, 3.8) is 0 Å². The van der Waals surface area contributed by atoms with Gasteiger partial charge in [0.1, 0.15) is 37.0 Å². The molecule has 2 aliphatic rings. The molecule has 7 atom stereocenters. The minimum absolute atomic E-state index is 0.0881. The van der Waals surface area contributed by atoms with Gasteiger partial charge in [0.05, 0.1) is 25.1 Å². The summed E-state index contributed by atoms with van der Waals surface area (Å²) in [4.78, 5) is 31.3. The summed E-state index contributed by atoms with van der Waals surface area (Å²) >= 11 is 0. The van der Waals surface area contributed by atoms with Crippen LogP contribution in [0.15, 0.2) is 49.1 Å². The predicted molar refractivity (Wildman–Crippen MR) is 162 cm³/mol.